The minimum Gasteiger partial charge on any atom is -0.396 e. The Kier molecular flexibility index (Phi) is 2.79. The number of anilines is 1. The third-order valence-electron chi connectivity index (χ3n) is 3.32. The lowest BCUT2D eigenvalue weighted by atomic mass is 10.1. The van der Waals surface area contributed by atoms with E-state index in [1.165, 1.54) is 16.7 Å². The van der Waals surface area contributed by atoms with Gasteiger partial charge in [0.15, 0.2) is 0 Å². The van der Waals surface area contributed by atoms with Crippen molar-refractivity contribution in [2.24, 2.45) is 0 Å². The summed E-state index contributed by atoms with van der Waals surface area (Å²) in [6.07, 6.45) is 1.65. The number of fused-ring (bicyclic) bond motifs is 1. The number of nitrogens with zero attached hydrogens (tertiary/aromatic N) is 1. The molecule has 0 aliphatic heterocycles. The van der Waals surface area contributed by atoms with Gasteiger partial charge in [-0.3, -0.25) is 9.36 Å². The molecule has 3 rings (SSSR count). The molecule has 0 unspecified atom stereocenters. The maximum absolute atomic E-state index is 13.5. The molecule has 0 amide bonds. The summed E-state index contributed by atoms with van der Waals surface area (Å²) in [5, 5.41) is 1.48. The van der Waals surface area contributed by atoms with Crippen molar-refractivity contribution in [2.45, 2.75) is 6.92 Å². The number of halogens is 1. The van der Waals surface area contributed by atoms with Crippen LogP contribution in [0.25, 0.3) is 16.5 Å². The molecule has 0 radical (unpaired) electrons. The fraction of sp³-hybridized carbons (Fsp3) is 0.0625. The van der Waals surface area contributed by atoms with Gasteiger partial charge in [0.25, 0.3) is 5.56 Å². The maximum Gasteiger partial charge on any atom is 0.262 e. The summed E-state index contributed by atoms with van der Waals surface area (Å²) in [6, 6.07) is 11.8. The van der Waals surface area contributed by atoms with Gasteiger partial charge in [-0.2, -0.15) is 0 Å². The molecule has 0 fully saturated rings. The van der Waals surface area contributed by atoms with Gasteiger partial charge in [-0.05, 0) is 36.6 Å². The van der Waals surface area contributed by atoms with Crippen LogP contribution in [0, 0.1) is 12.7 Å². The van der Waals surface area contributed by atoms with Crippen LogP contribution >= 0.6 is 0 Å². The molecule has 1 aromatic heterocycles. The predicted octanol–water partition coefficient (Wildman–Crippen LogP) is 3.02. The van der Waals surface area contributed by atoms with Gasteiger partial charge in [-0.15, -0.1) is 0 Å². The number of hydrogen-bond acceptors (Lipinski definition) is 2. The van der Waals surface area contributed by atoms with Crippen LogP contribution in [0.15, 0.2) is 53.5 Å². The molecule has 20 heavy (non-hydrogen) atoms. The molecule has 4 heteroatoms. The Morgan fingerprint density at radius 3 is 2.65 bits per heavy atom. The summed E-state index contributed by atoms with van der Waals surface area (Å²) in [4.78, 5) is 12.4. The molecule has 0 spiro atoms. The average Bonchev–Trinajstić information content (AvgIpc) is 2.42. The highest BCUT2D eigenvalue weighted by Gasteiger charge is 2.07. The van der Waals surface area contributed by atoms with E-state index >= 15 is 0 Å². The van der Waals surface area contributed by atoms with E-state index in [9.17, 15) is 9.18 Å². The minimum absolute atomic E-state index is 0.0678. The first-order valence-electron chi connectivity index (χ1n) is 6.24. The topological polar surface area (TPSA) is 48.0 Å². The Balaban J connectivity index is 2.27. The Labute approximate surface area is 115 Å². The standard InChI is InChI=1S/C16H13FN2O/c1-10-2-4-13-11(8-10)6-7-19(16(13)20)12-3-5-15(18)14(17)9-12/h2-9H,18H2,1H3. The molecule has 0 saturated carbocycles. The molecule has 0 atom stereocenters. The van der Waals surface area contributed by atoms with Gasteiger partial charge in [0.1, 0.15) is 5.82 Å². The third kappa shape index (κ3) is 1.95. The first-order chi connectivity index (χ1) is 9.56. The Hall–Kier alpha value is -2.62. The average molecular weight is 268 g/mol. The Bertz CT molecular complexity index is 868. The van der Waals surface area contributed by atoms with Crippen LogP contribution in [0.3, 0.4) is 0 Å². The van der Waals surface area contributed by atoms with Crippen molar-refractivity contribution in [1.29, 1.82) is 0 Å². The zero-order valence-corrected chi connectivity index (χ0v) is 10.9. The van der Waals surface area contributed by atoms with Crippen molar-refractivity contribution in [2.75, 3.05) is 5.73 Å². The molecule has 100 valence electrons. The smallest absolute Gasteiger partial charge is 0.262 e. The van der Waals surface area contributed by atoms with E-state index in [2.05, 4.69) is 0 Å². The Morgan fingerprint density at radius 1 is 1.10 bits per heavy atom. The van der Waals surface area contributed by atoms with Gasteiger partial charge in [-0.25, -0.2) is 4.39 Å². The first kappa shape index (κ1) is 12.4. The zero-order chi connectivity index (χ0) is 14.3. The van der Waals surface area contributed by atoms with Crippen LogP contribution in [-0.4, -0.2) is 4.57 Å². The molecule has 0 aliphatic rings. The van der Waals surface area contributed by atoms with Crippen molar-refractivity contribution in [1.82, 2.24) is 4.57 Å². The highest BCUT2D eigenvalue weighted by molar-refractivity contribution is 5.82. The van der Waals surface area contributed by atoms with E-state index in [0.717, 1.165) is 10.9 Å². The summed E-state index contributed by atoms with van der Waals surface area (Å²) in [6.45, 7) is 1.97. The lowest BCUT2D eigenvalue weighted by Gasteiger charge is -2.08. The molecule has 0 saturated heterocycles. The largest absolute Gasteiger partial charge is 0.396 e. The van der Waals surface area contributed by atoms with E-state index < -0.39 is 5.82 Å². The molecule has 1 heterocycles. The fourth-order valence-electron chi connectivity index (χ4n) is 2.24. The van der Waals surface area contributed by atoms with E-state index in [4.69, 9.17) is 5.73 Å². The second-order valence-electron chi connectivity index (χ2n) is 4.79. The van der Waals surface area contributed by atoms with Gasteiger partial charge < -0.3 is 5.73 Å². The molecule has 2 N–H and O–H groups in total. The second-order valence-corrected chi connectivity index (χ2v) is 4.79. The van der Waals surface area contributed by atoms with Crippen LogP contribution < -0.4 is 11.3 Å². The fourth-order valence-corrected chi connectivity index (χ4v) is 2.24. The van der Waals surface area contributed by atoms with Crippen molar-refractivity contribution in [3.63, 3.8) is 0 Å². The summed E-state index contributed by atoms with van der Waals surface area (Å²) in [5.74, 6) is -0.529. The van der Waals surface area contributed by atoms with Crippen LogP contribution in [-0.2, 0) is 0 Å². The van der Waals surface area contributed by atoms with E-state index in [1.807, 2.05) is 25.1 Å². The van der Waals surface area contributed by atoms with Crippen molar-refractivity contribution in [3.05, 3.63) is 70.4 Å². The first-order valence-corrected chi connectivity index (χ1v) is 6.24. The number of nitrogens with two attached hydrogens (primary N) is 1. The molecule has 3 aromatic rings. The van der Waals surface area contributed by atoms with E-state index in [-0.39, 0.29) is 11.2 Å². The Morgan fingerprint density at radius 2 is 1.90 bits per heavy atom. The molecule has 2 aromatic carbocycles. The summed E-state index contributed by atoms with van der Waals surface area (Å²) < 4.78 is 14.9. The van der Waals surface area contributed by atoms with Crippen molar-refractivity contribution < 1.29 is 4.39 Å². The maximum atomic E-state index is 13.5. The summed E-state index contributed by atoms with van der Waals surface area (Å²) in [7, 11) is 0. The molecule has 0 bridgehead atoms. The molecule has 3 nitrogen and oxygen atoms in total. The lowest BCUT2D eigenvalue weighted by molar-refractivity contribution is 0.631. The highest BCUT2D eigenvalue weighted by Crippen LogP contribution is 2.17. The van der Waals surface area contributed by atoms with E-state index in [0.29, 0.717) is 11.1 Å². The van der Waals surface area contributed by atoms with Crippen LogP contribution in [0.5, 0.6) is 0 Å². The highest BCUT2D eigenvalue weighted by atomic mass is 19.1. The SMILES string of the molecule is Cc1ccc2c(=O)n(-c3ccc(N)c(F)c3)ccc2c1. The van der Waals surface area contributed by atoms with Crippen molar-refractivity contribution in [3.8, 4) is 5.69 Å². The number of pyridine rings is 1. The van der Waals surface area contributed by atoms with Crippen LogP contribution in [0.4, 0.5) is 10.1 Å². The zero-order valence-electron chi connectivity index (χ0n) is 10.9. The summed E-state index contributed by atoms with van der Waals surface area (Å²) in [5.41, 5.74) is 6.90. The number of aryl methyl sites for hydroxylation is 1. The quantitative estimate of drug-likeness (QED) is 0.690. The number of hydrogen-bond donors (Lipinski definition) is 1. The molecular formula is C16H13FN2O. The van der Waals surface area contributed by atoms with Crippen molar-refractivity contribution >= 4 is 16.5 Å². The minimum atomic E-state index is -0.529. The molecule has 0 aliphatic carbocycles. The van der Waals surface area contributed by atoms with Gasteiger partial charge >= 0.3 is 0 Å². The van der Waals surface area contributed by atoms with Gasteiger partial charge in [0.2, 0.25) is 0 Å². The number of aromatic nitrogens is 1. The number of rotatable bonds is 1. The van der Waals surface area contributed by atoms with E-state index in [1.54, 1.807) is 18.3 Å². The number of nitrogen functional groups attached to an aromatic ring is 1. The van der Waals surface area contributed by atoms with Crippen LogP contribution in [0.1, 0.15) is 5.56 Å². The van der Waals surface area contributed by atoms with Gasteiger partial charge in [0.05, 0.1) is 11.4 Å². The third-order valence-corrected chi connectivity index (χ3v) is 3.32. The lowest BCUT2D eigenvalue weighted by Crippen LogP contribution is -2.17. The van der Waals surface area contributed by atoms with Gasteiger partial charge in [0, 0.05) is 17.6 Å². The number of benzene rings is 2. The molecular weight excluding hydrogens is 255 g/mol. The summed E-state index contributed by atoms with van der Waals surface area (Å²) >= 11 is 0. The normalized spacial score (nSPS) is 10.9. The predicted molar refractivity (Wildman–Crippen MR) is 78.7 cm³/mol. The van der Waals surface area contributed by atoms with Crippen LogP contribution in [0.2, 0.25) is 0 Å². The monoisotopic (exact) mass is 268 g/mol. The van der Waals surface area contributed by atoms with Gasteiger partial charge in [-0.1, -0.05) is 17.7 Å². The second kappa shape index (κ2) is 4.49.